The maximum absolute atomic E-state index is 11.8. The van der Waals surface area contributed by atoms with Crippen LogP contribution in [-0.2, 0) is 16.1 Å². The topological polar surface area (TPSA) is 92.3 Å². The van der Waals surface area contributed by atoms with Crippen molar-refractivity contribution in [3.63, 3.8) is 0 Å². The van der Waals surface area contributed by atoms with Gasteiger partial charge in [-0.05, 0) is 36.8 Å². The van der Waals surface area contributed by atoms with Crippen molar-refractivity contribution in [2.45, 2.75) is 27.4 Å². The van der Waals surface area contributed by atoms with Gasteiger partial charge in [-0.1, -0.05) is 19.9 Å². The highest BCUT2D eigenvalue weighted by Crippen LogP contribution is 2.45. The number of hydrogen-bond donors (Lipinski definition) is 1. The molecule has 8 heteroatoms. The predicted molar refractivity (Wildman–Crippen MR) is 118 cm³/mol. The second-order valence-electron chi connectivity index (χ2n) is 8.19. The summed E-state index contributed by atoms with van der Waals surface area (Å²) in [5.41, 5.74) is 2.57. The maximum atomic E-state index is 11.8. The normalized spacial score (nSPS) is 12.6. The molecule has 0 bridgehead atoms. The number of benzene rings is 2. The number of carbonyl (C=O) groups is 2. The first kappa shape index (κ1) is 23.2. The van der Waals surface area contributed by atoms with Crippen molar-refractivity contribution in [3.8, 4) is 28.4 Å². The molecule has 0 saturated heterocycles. The van der Waals surface area contributed by atoms with Crippen molar-refractivity contribution < 1.29 is 33.3 Å². The van der Waals surface area contributed by atoms with Crippen LogP contribution < -0.4 is 19.5 Å². The van der Waals surface area contributed by atoms with Crippen LogP contribution in [0.3, 0.4) is 0 Å². The van der Waals surface area contributed by atoms with Crippen molar-refractivity contribution in [3.05, 3.63) is 41.5 Å². The summed E-state index contributed by atoms with van der Waals surface area (Å²) in [4.78, 5) is 23.5. The molecule has 32 heavy (non-hydrogen) atoms. The van der Waals surface area contributed by atoms with Gasteiger partial charge in [0.15, 0.2) is 11.5 Å². The first-order valence-electron chi connectivity index (χ1n) is 10.4. The standard InChI is InChI=1S/C24H29NO7/c1-6-25-23(27)32-14-24(2,3)13-31-20-17(9-10-19(28-4)21(20)29-5)15-7-8-18-16(11-15)12-30-22(18)26/h7-11H,6,12-14H2,1-5H3,(H,25,27). The largest absolute Gasteiger partial charge is 0.493 e. The van der Waals surface area contributed by atoms with E-state index >= 15 is 0 Å². The number of methoxy groups -OCH3 is 2. The molecule has 0 aromatic heterocycles. The number of ether oxygens (including phenoxy) is 5. The van der Waals surface area contributed by atoms with Crippen molar-refractivity contribution in [1.82, 2.24) is 5.32 Å². The maximum Gasteiger partial charge on any atom is 0.407 e. The number of amides is 1. The zero-order valence-electron chi connectivity index (χ0n) is 19.1. The lowest BCUT2D eigenvalue weighted by Crippen LogP contribution is -2.32. The summed E-state index contributed by atoms with van der Waals surface area (Å²) in [5, 5.41) is 2.61. The minimum absolute atomic E-state index is 0.179. The third-order valence-electron chi connectivity index (χ3n) is 5.02. The number of nitrogens with one attached hydrogen (secondary N) is 1. The summed E-state index contributed by atoms with van der Waals surface area (Å²) < 4.78 is 27.7. The average Bonchev–Trinajstić information content (AvgIpc) is 3.16. The number of carbonyl (C=O) groups excluding carboxylic acids is 2. The summed E-state index contributed by atoms with van der Waals surface area (Å²) >= 11 is 0. The minimum atomic E-state index is -0.464. The molecule has 0 spiro atoms. The molecule has 2 aromatic carbocycles. The molecule has 0 fully saturated rings. The van der Waals surface area contributed by atoms with E-state index in [-0.39, 0.29) is 25.8 Å². The molecule has 1 heterocycles. The van der Waals surface area contributed by atoms with Crippen LogP contribution in [-0.4, -0.2) is 46.0 Å². The zero-order valence-corrected chi connectivity index (χ0v) is 19.1. The molecule has 0 saturated carbocycles. The van der Waals surface area contributed by atoms with Crippen LogP contribution in [0.15, 0.2) is 30.3 Å². The second kappa shape index (κ2) is 9.80. The highest BCUT2D eigenvalue weighted by atomic mass is 16.6. The van der Waals surface area contributed by atoms with Crippen molar-refractivity contribution in [2.75, 3.05) is 34.0 Å². The Labute approximate surface area is 187 Å². The zero-order chi connectivity index (χ0) is 23.3. The first-order valence-corrected chi connectivity index (χ1v) is 10.4. The summed E-state index contributed by atoms with van der Waals surface area (Å²) in [5.74, 6) is 1.17. The van der Waals surface area contributed by atoms with Crippen LogP contribution in [0, 0.1) is 5.41 Å². The Morgan fingerprint density at radius 1 is 1.06 bits per heavy atom. The lowest BCUT2D eigenvalue weighted by Gasteiger charge is -2.26. The number of rotatable bonds is 9. The molecule has 1 amide bonds. The van der Waals surface area contributed by atoms with Gasteiger partial charge in [0.1, 0.15) is 13.2 Å². The van der Waals surface area contributed by atoms with Gasteiger partial charge in [-0.3, -0.25) is 0 Å². The Morgan fingerprint density at radius 2 is 1.81 bits per heavy atom. The molecule has 2 aromatic rings. The second-order valence-corrected chi connectivity index (χ2v) is 8.19. The average molecular weight is 443 g/mol. The van der Waals surface area contributed by atoms with Gasteiger partial charge >= 0.3 is 12.1 Å². The van der Waals surface area contributed by atoms with Gasteiger partial charge in [-0.2, -0.15) is 0 Å². The molecule has 1 aliphatic heterocycles. The van der Waals surface area contributed by atoms with Gasteiger partial charge in [0, 0.05) is 23.1 Å². The fourth-order valence-corrected chi connectivity index (χ4v) is 3.34. The number of esters is 1. The summed E-state index contributed by atoms with van der Waals surface area (Å²) in [6.45, 7) is 6.89. The first-order chi connectivity index (χ1) is 15.3. The Kier molecular flexibility index (Phi) is 7.12. The number of fused-ring (bicyclic) bond motifs is 1. The Bertz CT molecular complexity index is 1000. The molecule has 1 N–H and O–H groups in total. The van der Waals surface area contributed by atoms with E-state index in [2.05, 4.69) is 5.32 Å². The molecule has 0 unspecified atom stereocenters. The van der Waals surface area contributed by atoms with Gasteiger partial charge in [-0.15, -0.1) is 0 Å². The van der Waals surface area contributed by atoms with E-state index in [4.69, 9.17) is 23.7 Å². The number of hydrogen-bond acceptors (Lipinski definition) is 7. The smallest absolute Gasteiger partial charge is 0.407 e. The van der Waals surface area contributed by atoms with Gasteiger partial charge in [-0.25, -0.2) is 9.59 Å². The highest BCUT2D eigenvalue weighted by Gasteiger charge is 2.26. The third-order valence-corrected chi connectivity index (χ3v) is 5.02. The molecule has 0 atom stereocenters. The minimum Gasteiger partial charge on any atom is -0.493 e. The molecule has 3 rings (SSSR count). The van der Waals surface area contributed by atoms with Crippen molar-refractivity contribution in [1.29, 1.82) is 0 Å². The van der Waals surface area contributed by atoms with Crippen LogP contribution in [0.2, 0.25) is 0 Å². The SMILES string of the molecule is CCNC(=O)OCC(C)(C)COc1c(-c2ccc3c(c2)COC3=O)ccc(OC)c1OC. The van der Waals surface area contributed by atoms with Gasteiger partial charge < -0.3 is 29.0 Å². The number of alkyl carbamates (subject to hydrolysis) is 1. The third kappa shape index (κ3) is 5.07. The summed E-state index contributed by atoms with van der Waals surface area (Å²) in [7, 11) is 3.11. The fourth-order valence-electron chi connectivity index (χ4n) is 3.34. The number of cyclic esters (lactones) is 1. The lowest BCUT2D eigenvalue weighted by molar-refractivity contribution is 0.0535. The van der Waals surface area contributed by atoms with E-state index in [1.54, 1.807) is 26.4 Å². The molecular formula is C24H29NO7. The summed E-state index contributed by atoms with van der Waals surface area (Å²) in [6.07, 6.45) is -0.463. The van der Waals surface area contributed by atoms with E-state index in [1.165, 1.54) is 0 Å². The Morgan fingerprint density at radius 3 is 2.50 bits per heavy atom. The monoisotopic (exact) mass is 443 g/mol. The van der Waals surface area contributed by atoms with E-state index in [1.807, 2.05) is 39.0 Å². The van der Waals surface area contributed by atoms with Crippen molar-refractivity contribution in [2.24, 2.45) is 5.41 Å². The molecule has 0 radical (unpaired) electrons. The molecule has 172 valence electrons. The van der Waals surface area contributed by atoms with E-state index in [9.17, 15) is 9.59 Å². The van der Waals surface area contributed by atoms with Gasteiger partial charge in [0.05, 0.1) is 26.4 Å². The van der Waals surface area contributed by atoms with Crippen LogP contribution >= 0.6 is 0 Å². The molecule has 0 aliphatic carbocycles. The lowest BCUT2D eigenvalue weighted by atomic mass is 9.96. The van der Waals surface area contributed by atoms with Crippen LogP contribution in [0.25, 0.3) is 11.1 Å². The predicted octanol–water partition coefficient (Wildman–Crippen LogP) is 4.19. The Hall–Kier alpha value is -3.42. The van der Waals surface area contributed by atoms with Crippen LogP contribution in [0.5, 0.6) is 17.2 Å². The molecular weight excluding hydrogens is 414 g/mol. The van der Waals surface area contributed by atoms with Crippen molar-refractivity contribution >= 4 is 12.1 Å². The summed E-state index contributed by atoms with van der Waals surface area (Å²) in [6, 6.07) is 9.21. The fraction of sp³-hybridized carbons (Fsp3) is 0.417. The molecule has 1 aliphatic rings. The van der Waals surface area contributed by atoms with Gasteiger partial charge in [0.25, 0.3) is 0 Å². The van der Waals surface area contributed by atoms with E-state index < -0.39 is 11.5 Å². The molecule has 8 nitrogen and oxygen atoms in total. The van der Waals surface area contributed by atoms with Crippen LogP contribution in [0.1, 0.15) is 36.7 Å². The van der Waals surface area contributed by atoms with Crippen LogP contribution in [0.4, 0.5) is 4.79 Å². The highest BCUT2D eigenvalue weighted by molar-refractivity contribution is 5.94. The van der Waals surface area contributed by atoms with E-state index in [0.717, 1.165) is 16.7 Å². The quantitative estimate of drug-likeness (QED) is 0.581. The van der Waals surface area contributed by atoms with E-state index in [0.29, 0.717) is 29.4 Å². The Balaban J connectivity index is 1.90. The van der Waals surface area contributed by atoms with Gasteiger partial charge in [0.2, 0.25) is 5.75 Å².